The van der Waals surface area contributed by atoms with Crippen LogP contribution in [0.4, 0.5) is 5.82 Å². The monoisotopic (exact) mass is 208 g/mol. The molecule has 0 aliphatic heterocycles. The minimum Gasteiger partial charge on any atom is -0.361 e. The van der Waals surface area contributed by atoms with E-state index in [0.29, 0.717) is 11.6 Å². The van der Waals surface area contributed by atoms with Crippen LogP contribution in [0.3, 0.4) is 0 Å². The Hall–Kier alpha value is -1.65. The van der Waals surface area contributed by atoms with Crippen molar-refractivity contribution in [2.45, 2.75) is 13.8 Å². The fourth-order valence-electron chi connectivity index (χ4n) is 1.13. The van der Waals surface area contributed by atoms with Gasteiger partial charge in [-0.05, 0) is 13.8 Å². The molecule has 0 unspecified atom stereocenters. The lowest BCUT2D eigenvalue weighted by molar-refractivity contribution is -0.126. The predicted octanol–water partition coefficient (Wildman–Crippen LogP) is 0.594. The molecule has 5 heteroatoms. The molecule has 0 spiro atoms. The largest absolute Gasteiger partial charge is 0.361 e. The number of aryl methyl sites for hydroxylation is 2. The molecular weight excluding hydrogens is 192 g/mol. The Bertz CT molecular complexity index is 342. The van der Waals surface area contributed by atoms with Crippen molar-refractivity contribution in [1.29, 1.82) is 0 Å². The third-order valence-corrected chi connectivity index (χ3v) is 1.89. The number of nitrogens with zero attached hydrogens (tertiary/aromatic N) is 3. The van der Waals surface area contributed by atoms with Gasteiger partial charge in [0.1, 0.15) is 11.6 Å². The maximum absolute atomic E-state index is 11.3. The summed E-state index contributed by atoms with van der Waals surface area (Å²) in [6.45, 7) is 3.97. The number of nitrogens with one attached hydrogen (secondary N) is 1. The van der Waals surface area contributed by atoms with Gasteiger partial charge in [0, 0.05) is 25.9 Å². The second kappa shape index (κ2) is 4.72. The van der Waals surface area contributed by atoms with Gasteiger partial charge in [0.15, 0.2) is 0 Å². The van der Waals surface area contributed by atoms with Crippen molar-refractivity contribution >= 4 is 11.7 Å². The third kappa shape index (κ3) is 3.53. The van der Waals surface area contributed by atoms with E-state index < -0.39 is 0 Å². The SMILES string of the molecule is Cc1cc(NCC(=O)N(C)C)nc(C)n1. The lowest BCUT2D eigenvalue weighted by Gasteiger charge is -2.11. The zero-order chi connectivity index (χ0) is 11.4. The zero-order valence-corrected chi connectivity index (χ0v) is 9.53. The van der Waals surface area contributed by atoms with Crippen molar-refractivity contribution in [3.8, 4) is 0 Å². The molecule has 0 aliphatic rings. The summed E-state index contributed by atoms with van der Waals surface area (Å²) in [6, 6.07) is 1.82. The summed E-state index contributed by atoms with van der Waals surface area (Å²) in [6.07, 6.45) is 0. The van der Waals surface area contributed by atoms with Crippen LogP contribution in [0, 0.1) is 13.8 Å². The molecule has 1 N–H and O–H groups in total. The van der Waals surface area contributed by atoms with Crippen LogP contribution in [-0.4, -0.2) is 41.4 Å². The minimum absolute atomic E-state index is 0.0175. The first kappa shape index (κ1) is 11.4. The van der Waals surface area contributed by atoms with E-state index in [-0.39, 0.29) is 12.5 Å². The number of likely N-dealkylation sites (N-methyl/N-ethyl adjacent to an activating group) is 1. The van der Waals surface area contributed by atoms with Gasteiger partial charge in [-0.3, -0.25) is 4.79 Å². The molecule has 1 aromatic rings. The average molecular weight is 208 g/mol. The number of hydrogen-bond donors (Lipinski definition) is 1. The lowest BCUT2D eigenvalue weighted by atomic mass is 10.4. The Balaban J connectivity index is 2.61. The predicted molar refractivity (Wildman–Crippen MR) is 58.7 cm³/mol. The van der Waals surface area contributed by atoms with Crippen LogP contribution in [0.25, 0.3) is 0 Å². The van der Waals surface area contributed by atoms with E-state index in [4.69, 9.17) is 0 Å². The molecule has 82 valence electrons. The van der Waals surface area contributed by atoms with E-state index in [1.807, 2.05) is 19.9 Å². The number of hydrogen-bond acceptors (Lipinski definition) is 4. The average Bonchev–Trinajstić information content (AvgIpc) is 2.12. The van der Waals surface area contributed by atoms with Crippen LogP contribution in [0.1, 0.15) is 11.5 Å². The molecule has 0 fully saturated rings. The van der Waals surface area contributed by atoms with Gasteiger partial charge in [-0.25, -0.2) is 9.97 Å². The molecule has 0 aliphatic carbocycles. The fraction of sp³-hybridized carbons (Fsp3) is 0.500. The number of carbonyl (C=O) groups is 1. The van der Waals surface area contributed by atoms with Gasteiger partial charge in [0.2, 0.25) is 5.91 Å². The maximum Gasteiger partial charge on any atom is 0.241 e. The summed E-state index contributed by atoms with van der Waals surface area (Å²) in [5.41, 5.74) is 0.891. The van der Waals surface area contributed by atoms with Crippen LogP contribution >= 0.6 is 0 Å². The highest BCUT2D eigenvalue weighted by atomic mass is 16.2. The molecule has 0 saturated carbocycles. The van der Waals surface area contributed by atoms with E-state index in [2.05, 4.69) is 15.3 Å². The number of amides is 1. The molecule has 1 rings (SSSR count). The smallest absolute Gasteiger partial charge is 0.241 e. The highest BCUT2D eigenvalue weighted by molar-refractivity contribution is 5.80. The lowest BCUT2D eigenvalue weighted by Crippen LogP contribution is -2.28. The summed E-state index contributed by atoms with van der Waals surface area (Å²) in [5, 5.41) is 2.97. The molecule has 5 nitrogen and oxygen atoms in total. The Morgan fingerprint density at radius 1 is 1.40 bits per heavy atom. The van der Waals surface area contributed by atoms with Crippen LogP contribution < -0.4 is 5.32 Å². The molecule has 1 heterocycles. The first-order valence-electron chi connectivity index (χ1n) is 4.75. The van der Waals surface area contributed by atoms with E-state index in [9.17, 15) is 4.79 Å². The van der Waals surface area contributed by atoms with Gasteiger partial charge >= 0.3 is 0 Å². The standard InChI is InChI=1S/C10H16N4O/c1-7-5-9(13-8(2)12-7)11-6-10(15)14(3)4/h5H,6H2,1-4H3,(H,11,12,13). The molecule has 0 bridgehead atoms. The van der Waals surface area contributed by atoms with Crippen LogP contribution in [0.2, 0.25) is 0 Å². The Morgan fingerprint density at radius 2 is 2.07 bits per heavy atom. The number of carbonyl (C=O) groups excluding carboxylic acids is 1. The maximum atomic E-state index is 11.3. The van der Waals surface area contributed by atoms with Crippen molar-refractivity contribution in [1.82, 2.24) is 14.9 Å². The summed E-state index contributed by atoms with van der Waals surface area (Å²) >= 11 is 0. The van der Waals surface area contributed by atoms with E-state index in [0.717, 1.165) is 5.69 Å². The second-order valence-electron chi connectivity index (χ2n) is 3.58. The van der Waals surface area contributed by atoms with Gasteiger partial charge in [-0.2, -0.15) is 0 Å². The Kier molecular flexibility index (Phi) is 3.60. The molecule has 1 amide bonds. The van der Waals surface area contributed by atoms with Crippen LogP contribution in [-0.2, 0) is 4.79 Å². The van der Waals surface area contributed by atoms with Gasteiger partial charge in [-0.1, -0.05) is 0 Å². The van der Waals surface area contributed by atoms with Crippen molar-refractivity contribution in [3.63, 3.8) is 0 Å². The van der Waals surface area contributed by atoms with Gasteiger partial charge < -0.3 is 10.2 Å². The molecule has 0 saturated heterocycles. The fourth-order valence-corrected chi connectivity index (χ4v) is 1.13. The van der Waals surface area contributed by atoms with Crippen LogP contribution in [0.15, 0.2) is 6.07 Å². The van der Waals surface area contributed by atoms with Gasteiger partial charge in [0.25, 0.3) is 0 Å². The van der Waals surface area contributed by atoms with Crippen molar-refractivity contribution in [2.75, 3.05) is 26.0 Å². The zero-order valence-electron chi connectivity index (χ0n) is 9.53. The van der Waals surface area contributed by atoms with E-state index in [1.165, 1.54) is 4.90 Å². The highest BCUT2D eigenvalue weighted by Crippen LogP contribution is 2.04. The Morgan fingerprint density at radius 3 is 2.60 bits per heavy atom. The van der Waals surface area contributed by atoms with E-state index in [1.54, 1.807) is 14.1 Å². The van der Waals surface area contributed by atoms with Crippen molar-refractivity contribution < 1.29 is 4.79 Å². The summed E-state index contributed by atoms with van der Waals surface area (Å²) in [4.78, 5) is 21.2. The quantitative estimate of drug-likeness (QED) is 0.790. The van der Waals surface area contributed by atoms with E-state index >= 15 is 0 Å². The molecule has 15 heavy (non-hydrogen) atoms. The molecule has 0 atom stereocenters. The summed E-state index contributed by atoms with van der Waals surface area (Å²) < 4.78 is 0. The first-order chi connectivity index (χ1) is 6.99. The highest BCUT2D eigenvalue weighted by Gasteiger charge is 2.04. The number of rotatable bonds is 3. The molecule has 1 aromatic heterocycles. The molecular formula is C10H16N4O. The third-order valence-electron chi connectivity index (χ3n) is 1.89. The van der Waals surface area contributed by atoms with Gasteiger partial charge in [0.05, 0.1) is 6.54 Å². The minimum atomic E-state index is 0.0175. The topological polar surface area (TPSA) is 58.1 Å². The summed E-state index contributed by atoms with van der Waals surface area (Å²) in [7, 11) is 3.45. The molecule has 0 radical (unpaired) electrons. The number of anilines is 1. The van der Waals surface area contributed by atoms with Crippen molar-refractivity contribution in [3.05, 3.63) is 17.6 Å². The molecule has 0 aromatic carbocycles. The van der Waals surface area contributed by atoms with Crippen LogP contribution in [0.5, 0.6) is 0 Å². The Labute approximate surface area is 89.5 Å². The normalized spacial score (nSPS) is 9.87. The summed E-state index contributed by atoms with van der Waals surface area (Å²) in [5.74, 6) is 1.41. The van der Waals surface area contributed by atoms with Gasteiger partial charge in [-0.15, -0.1) is 0 Å². The second-order valence-corrected chi connectivity index (χ2v) is 3.58. The first-order valence-corrected chi connectivity index (χ1v) is 4.75. The number of aromatic nitrogens is 2. The van der Waals surface area contributed by atoms with Crippen molar-refractivity contribution in [2.24, 2.45) is 0 Å².